The van der Waals surface area contributed by atoms with Gasteiger partial charge in [-0.1, -0.05) is 61.9 Å². The lowest BCUT2D eigenvalue weighted by Crippen LogP contribution is -2.30. The van der Waals surface area contributed by atoms with Crippen LogP contribution in [0.4, 0.5) is 11.4 Å². The molecule has 7 rings (SSSR count). The maximum Gasteiger partial charge on any atom is 0.266 e. The van der Waals surface area contributed by atoms with Crippen molar-refractivity contribution in [2.24, 2.45) is 0 Å². The number of methoxy groups -OCH3 is 1. The van der Waals surface area contributed by atoms with Crippen molar-refractivity contribution in [1.82, 2.24) is 0 Å². The zero-order chi connectivity index (χ0) is 32.2. The molecule has 0 radical (unpaired) electrons. The summed E-state index contributed by atoms with van der Waals surface area (Å²) >= 11 is 0. The Morgan fingerprint density at radius 2 is 1.24 bits per heavy atom. The van der Waals surface area contributed by atoms with Gasteiger partial charge in [-0.3, -0.25) is 14.4 Å². The maximum absolute atomic E-state index is 13.6. The van der Waals surface area contributed by atoms with Crippen molar-refractivity contribution in [3.63, 3.8) is 0 Å². The first kappa shape index (κ1) is 29.0. The van der Waals surface area contributed by atoms with Crippen LogP contribution in [0.3, 0.4) is 0 Å². The molecule has 0 bridgehead atoms. The molecule has 0 aromatic heterocycles. The molecule has 0 spiro atoms. The second-order valence-electron chi connectivity index (χ2n) is 12.2. The summed E-state index contributed by atoms with van der Waals surface area (Å²) in [5, 5.41) is 0. The van der Waals surface area contributed by atoms with Crippen LogP contribution in [0.15, 0.2) is 109 Å². The van der Waals surface area contributed by atoms with Crippen molar-refractivity contribution in [1.29, 1.82) is 0 Å². The van der Waals surface area contributed by atoms with E-state index in [1.54, 1.807) is 48.4 Å². The number of anilines is 2. The number of hydrogen-bond donors (Lipinski definition) is 0. The van der Waals surface area contributed by atoms with E-state index in [-0.39, 0.29) is 16.9 Å². The van der Waals surface area contributed by atoms with E-state index in [1.165, 1.54) is 0 Å². The Bertz CT molecular complexity index is 2030. The fourth-order valence-electron chi connectivity index (χ4n) is 6.19. The van der Waals surface area contributed by atoms with Crippen LogP contribution in [0.25, 0.3) is 0 Å². The van der Waals surface area contributed by atoms with E-state index in [4.69, 9.17) is 9.47 Å². The summed E-state index contributed by atoms with van der Waals surface area (Å²) in [4.78, 5) is 43.1. The number of rotatable bonds is 7. The van der Waals surface area contributed by atoms with Gasteiger partial charge in [-0.15, -0.1) is 0 Å². The van der Waals surface area contributed by atoms with E-state index in [0.29, 0.717) is 40.5 Å². The lowest BCUT2D eigenvalue weighted by atomic mass is 9.78. The highest BCUT2D eigenvalue weighted by molar-refractivity contribution is 6.34. The summed E-state index contributed by atoms with van der Waals surface area (Å²) < 4.78 is 11.4. The first-order valence-corrected chi connectivity index (χ1v) is 15.1. The summed E-state index contributed by atoms with van der Waals surface area (Å²) in [6.45, 7) is 6.72. The predicted molar refractivity (Wildman–Crippen MR) is 177 cm³/mol. The average Bonchev–Trinajstić information content (AvgIpc) is 3.53. The molecule has 0 atom stereocenters. The predicted octanol–water partition coefficient (Wildman–Crippen LogP) is 8.08. The highest BCUT2D eigenvalue weighted by Crippen LogP contribution is 2.37. The van der Waals surface area contributed by atoms with Gasteiger partial charge in [0.1, 0.15) is 17.2 Å². The maximum atomic E-state index is 13.6. The lowest BCUT2D eigenvalue weighted by Gasteiger charge is -2.26. The van der Waals surface area contributed by atoms with Crippen LogP contribution >= 0.6 is 0 Å². The summed E-state index contributed by atoms with van der Waals surface area (Å²) in [7, 11) is 1.65. The highest BCUT2D eigenvalue weighted by Gasteiger charge is 2.38. The van der Waals surface area contributed by atoms with E-state index in [2.05, 4.69) is 26.0 Å². The van der Waals surface area contributed by atoms with Gasteiger partial charge >= 0.3 is 0 Å². The highest BCUT2D eigenvalue weighted by atomic mass is 16.5. The second-order valence-corrected chi connectivity index (χ2v) is 12.2. The van der Waals surface area contributed by atoms with Crippen molar-refractivity contribution in [2.45, 2.75) is 32.7 Å². The molecule has 0 saturated heterocycles. The van der Waals surface area contributed by atoms with Gasteiger partial charge in [0.05, 0.1) is 30.5 Å². The summed E-state index contributed by atoms with van der Waals surface area (Å²) in [6.07, 6.45) is 0. The van der Waals surface area contributed by atoms with Gasteiger partial charge in [0.15, 0.2) is 0 Å². The van der Waals surface area contributed by atoms with Crippen LogP contribution in [0.1, 0.15) is 67.2 Å². The van der Waals surface area contributed by atoms with Crippen LogP contribution in [0, 0.1) is 6.92 Å². The molecule has 0 N–H and O–H groups in total. The van der Waals surface area contributed by atoms with Crippen LogP contribution in [0.2, 0.25) is 0 Å². The van der Waals surface area contributed by atoms with E-state index in [0.717, 1.165) is 32.9 Å². The molecule has 0 fully saturated rings. The molecule has 3 amide bonds. The molecule has 7 nitrogen and oxygen atoms in total. The zero-order valence-electron chi connectivity index (χ0n) is 26.0. The second kappa shape index (κ2) is 11.0. The molecule has 2 aliphatic rings. The van der Waals surface area contributed by atoms with Crippen molar-refractivity contribution < 1.29 is 23.9 Å². The molecule has 2 aliphatic heterocycles. The molecule has 0 aliphatic carbocycles. The summed E-state index contributed by atoms with van der Waals surface area (Å²) in [5.41, 5.74) is 6.28. The lowest BCUT2D eigenvalue weighted by molar-refractivity contribution is 0.0925. The minimum Gasteiger partial charge on any atom is -0.497 e. The molecule has 7 heteroatoms. The zero-order valence-corrected chi connectivity index (χ0v) is 26.0. The largest absolute Gasteiger partial charge is 0.497 e. The van der Waals surface area contributed by atoms with Crippen molar-refractivity contribution in [3.8, 4) is 17.2 Å². The van der Waals surface area contributed by atoms with Gasteiger partial charge in [0.2, 0.25) is 0 Å². The number of carbonyl (C=O) groups excluding carboxylic acids is 3. The third-order valence-corrected chi connectivity index (χ3v) is 8.95. The number of nitrogens with zero attached hydrogens (tertiary/aromatic N) is 2. The Morgan fingerprint density at radius 1 is 0.609 bits per heavy atom. The number of benzene rings is 5. The molecular formula is C39H32N2O5. The monoisotopic (exact) mass is 608 g/mol. The van der Waals surface area contributed by atoms with Gasteiger partial charge in [-0.25, -0.2) is 4.90 Å². The van der Waals surface area contributed by atoms with Crippen molar-refractivity contribution in [2.75, 3.05) is 16.9 Å². The number of aryl methyl sites for hydroxylation is 1. The molecule has 228 valence electrons. The number of amides is 3. The number of hydrogen-bond acceptors (Lipinski definition) is 5. The Hall–Kier alpha value is -5.69. The topological polar surface area (TPSA) is 76.2 Å². The van der Waals surface area contributed by atoms with Crippen LogP contribution < -0.4 is 19.3 Å². The third kappa shape index (κ3) is 4.90. The minimum absolute atomic E-state index is 0.0997. The quantitative estimate of drug-likeness (QED) is 0.175. The Labute approximate surface area is 267 Å². The molecular weight excluding hydrogens is 576 g/mol. The molecule has 0 unspecified atom stereocenters. The SMILES string of the molecule is COc1ccc(C(C)(C)c2ccc(Oc3ccc4c(c3)C(=O)N(c3cccc(N5Cc6ccc(C)cc6C5=O)c3)C4=O)cc2)cc1. The number of imide groups is 1. The van der Waals surface area contributed by atoms with Gasteiger partial charge in [-0.05, 0) is 90.3 Å². The van der Waals surface area contributed by atoms with Crippen LogP contribution in [-0.4, -0.2) is 24.8 Å². The summed E-state index contributed by atoms with van der Waals surface area (Å²) in [6, 6.07) is 33.7. The van der Waals surface area contributed by atoms with Crippen molar-refractivity contribution in [3.05, 3.63) is 148 Å². The van der Waals surface area contributed by atoms with Gasteiger partial charge in [0.25, 0.3) is 17.7 Å². The average molecular weight is 609 g/mol. The fraction of sp³-hybridized carbons (Fsp3) is 0.154. The number of fused-ring (bicyclic) bond motifs is 2. The molecule has 2 heterocycles. The minimum atomic E-state index is -0.439. The first-order chi connectivity index (χ1) is 22.1. The Balaban J connectivity index is 1.09. The number of ether oxygens (including phenoxy) is 2. The fourth-order valence-corrected chi connectivity index (χ4v) is 6.19. The van der Waals surface area contributed by atoms with Crippen LogP contribution in [0.5, 0.6) is 17.2 Å². The summed E-state index contributed by atoms with van der Waals surface area (Å²) in [5.74, 6) is 0.925. The van der Waals surface area contributed by atoms with Crippen LogP contribution in [-0.2, 0) is 12.0 Å². The van der Waals surface area contributed by atoms with Gasteiger partial charge in [0, 0.05) is 16.7 Å². The molecule has 46 heavy (non-hydrogen) atoms. The first-order valence-electron chi connectivity index (χ1n) is 15.1. The molecule has 5 aromatic carbocycles. The molecule has 5 aromatic rings. The number of carbonyl (C=O) groups is 3. The third-order valence-electron chi connectivity index (χ3n) is 8.95. The van der Waals surface area contributed by atoms with Crippen molar-refractivity contribution >= 4 is 29.1 Å². The Morgan fingerprint density at radius 3 is 1.93 bits per heavy atom. The van der Waals surface area contributed by atoms with E-state index in [9.17, 15) is 14.4 Å². The standard InChI is InChI=1S/C39H32N2O5/c1-24-8-9-25-23-40(36(42)34(25)20-24)28-6-5-7-29(21-28)41-37(43)33-19-18-32(22-35(33)38(41)44)46-31-16-12-27(13-17-31)39(2,3)26-10-14-30(45-4)15-11-26/h5-22H,23H2,1-4H3. The smallest absolute Gasteiger partial charge is 0.266 e. The van der Waals surface area contributed by atoms with E-state index in [1.807, 2.05) is 67.6 Å². The van der Waals surface area contributed by atoms with E-state index >= 15 is 0 Å². The van der Waals surface area contributed by atoms with E-state index < -0.39 is 11.8 Å². The van der Waals surface area contributed by atoms with Gasteiger partial charge in [-0.2, -0.15) is 0 Å². The normalized spacial score (nSPS) is 14.0. The Kier molecular flexibility index (Phi) is 6.97. The van der Waals surface area contributed by atoms with Gasteiger partial charge < -0.3 is 14.4 Å². The molecule has 0 saturated carbocycles.